The van der Waals surface area contributed by atoms with E-state index in [0.29, 0.717) is 16.7 Å². The molecule has 0 radical (unpaired) electrons. The van der Waals surface area contributed by atoms with E-state index < -0.39 is 47.1 Å². The van der Waals surface area contributed by atoms with Crippen molar-refractivity contribution in [2.24, 2.45) is 0 Å². The quantitative estimate of drug-likeness (QED) is 0.264. The number of alkyl carbamates (subject to hydrolysis) is 1. The number of carbonyl (C=O) groups excluding carboxylic acids is 4. The molecular weight excluding hydrogens is 520 g/mol. The zero-order valence-electron chi connectivity index (χ0n) is 23.3. The first-order valence-corrected chi connectivity index (χ1v) is 12.6. The van der Waals surface area contributed by atoms with Gasteiger partial charge in [-0.1, -0.05) is 54.6 Å². The van der Waals surface area contributed by atoms with Crippen LogP contribution in [0.1, 0.15) is 56.3 Å². The van der Waals surface area contributed by atoms with Crippen molar-refractivity contribution in [3.05, 3.63) is 71.3 Å². The SMILES string of the molecule is COC(=O)Cc1ccc(C(NC(=O)CC[C@](Cc2ccccc2)(NC(=O)OC(C)(C)C)C(=O)O)C(=O)OC)cc1. The first-order chi connectivity index (χ1) is 18.8. The van der Waals surface area contributed by atoms with E-state index in [1.165, 1.54) is 14.2 Å². The highest BCUT2D eigenvalue weighted by Gasteiger charge is 2.42. The molecule has 0 aliphatic carbocycles. The van der Waals surface area contributed by atoms with Crippen LogP contribution in [0.4, 0.5) is 4.79 Å². The molecular formula is C29H36N2O9. The number of aliphatic carboxylic acids is 1. The molecule has 0 spiro atoms. The standard InChI is InChI=1S/C29H36N2O9/c1-28(2,3)40-27(37)31-29(26(35)36,18-20-9-7-6-8-10-20)16-15-22(32)30-24(25(34)39-5)21-13-11-19(12-14-21)17-23(33)38-4/h6-14,24H,15-18H2,1-5H3,(H,30,32)(H,31,37)(H,35,36)/t24?,29-/m1/s1. The molecule has 0 heterocycles. The van der Waals surface area contributed by atoms with E-state index >= 15 is 0 Å². The number of carboxylic acid groups (broad SMARTS) is 1. The molecule has 11 heteroatoms. The van der Waals surface area contributed by atoms with Gasteiger partial charge in [0.1, 0.15) is 11.1 Å². The fourth-order valence-electron chi connectivity index (χ4n) is 3.90. The van der Waals surface area contributed by atoms with E-state index in [-0.39, 0.29) is 25.7 Å². The topological polar surface area (TPSA) is 157 Å². The molecule has 3 N–H and O–H groups in total. The van der Waals surface area contributed by atoms with E-state index in [1.54, 1.807) is 75.4 Å². The van der Waals surface area contributed by atoms with E-state index in [9.17, 15) is 29.1 Å². The van der Waals surface area contributed by atoms with Crippen LogP contribution in [0.2, 0.25) is 0 Å². The maximum absolute atomic E-state index is 13.0. The summed E-state index contributed by atoms with van der Waals surface area (Å²) in [5.41, 5.74) is -1.09. The van der Waals surface area contributed by atoms with Gasteiger partial charge in [0.2, 0.25) is 5.91 Å². The van der Waals surface area contributed by atoms with Crippen molar-refractivity contribution >= 4 is 29.9 Å². The molecule has 2 atom stereocenters. The van der Waals surface area contributed by atoms with Crippen LogP contribution in [0.3, 0.4) is 0 Å². The van der Waals surface area contributed by atoms with Crippen molar-refractivity contribution in [1.82, 2.24) is 10.6 Å². The van der Waals surface area contributed by atoms with Gasteiger partial charge in [0.15, 0.2) is 6.04 Å². The smallest absolute Gasteiger partial charge is 0.408 e. The second-order valence-corrected chi connectivity index (χ2v) is 10.2. The lowest BCUT2D eigenvalue weighted by atomic mass is 9.86. The van der Waals surface area contributed by atoms with Gasteiger partial charge in [0, 0.05) is 12.8 Å². The Balaban J connectivity index is 2.25. The van der Waals surface area contributed by atoms with Crippen molar-refractivity contribution in [1.29, 1.82) is 0 Å². The molecule has 2 amide bonds. The average molecular weight is 557 g/mol. The van der Waals surface area contributed by atoms with Crippen LogP contribution in [0, 0.1) is 0 Å². The highest BCUT2D eigenvalue weighted by atomic mass is 16.6. The Bertz CT molecular complexity index is 1190. The highest BCUT2D eigenvalue weighted by Crippen LogP contribution is 2.23. The molecule has 40 heavy (non-hydrogen) atoms. The first-order valence-electron chi connectivity index (χ1n) is 12.6. The van der Waals surface area contributed by atoms with Crippen LogP contribution in [-0.2, 0) is 46.2 Å². The van der Waals surface area contributed by atoms with Gasteiger partial charge in [-0.25, -0.2) is 14.4 Å². The molecule has 11 nitrogen and oxygen atoms in total. The van der Waals surface area contributed by atoms with E-state index in [1.807, 2.05) is 0 Å². The van der Waals surface area contributed by atoms with E-state index in [0.717, 1.165) is 0 Å². The number of nitrogens with one attached hydrogen (secondary N) is 2. The van der Waals surface area contributed by atoms with Gasteiger partial charge in [0.25, 0.3) is 0 Å². The highest BCUT2D eigenvalue weighted by molar-refractivity contribution is 5.88. The zero-order valence-corrected chi connectivity index (χ0v) is 23.3. The molecule has 2 aromatic carbocycles. The lowest BCUT2D eigenvalue weighted by molar-refractivity contribution is -0.147. The van der Waals surface area contributed by atoms with Crippen molar-refractivity contribution in [2.75, 3.05) is 14.2 Å². The second-order valence-electron chi connectivity index (χ2n) is 10.2. The predicted molar refractivity (Wildman–Crippen MR) is 144 cm³/mol. The van der Waals surface area contributed by atoms with Gasteiger partial charge in [-0.05, 0) is 43.9 Å². The monoisotopic (exact) mass is 556 g/mol. The summed E-state index contributed by atoms with van der Waals surface area (Å²) in [6.45, 7) is 4.94. The van der Waals surface area contributed by atoms with Gasteiger partial charge >= 0.3 is 24.0 Å². The van der Waals surface area contributed by atoms with Crippen molar-refractivity contribution in [3.8, 4) is 0 Å². The summed E-state index contributed by atoms with van der Waals surface area (Å²) in [5, 5.41) is 15.3. The fraction of sp³-hybridized carbons (Fsp3) is 0.414. The third-order valence-electron chi connectivity index (χ3n) is 5.91. The van der Waals surface area contributed by atoms with Crippen LogP contribution in [-0.4, -0.2) is 60.4 Å². The molecule has 0 bridgehead atoms. The molecule has 0 aliphatic heterocycles. The number of benzene rings is 2. The molecule has 0 aliphatic rings. The Kier molecular flexibility index (Phi) is 11.2. The van der Waals surface area contributed by atoms with Crippen LogP contribution in [0.25, 0.3) is 0 Å². The maximum Gasteiger partial charge on any atom is 0.408 e. The number of esters is 2. The maximum atomic E-state index is 13.0. The lowest BCUT2D eigenvalue weighted by Crippen LogP contribution is -2.57. The van der Waals surface area contributed by atoms with Gasteiger partial charge < -0.3 is 30.0 Å². The molecule has 0 aromatic heterocycles. The number of amides is 2. The number of hydrogen-bond acceptors (Lipinski definition) is 8. The van der Waals surface area contributed by atoms with E-state index in [2.05, 4.69) is 15.4 Å². The summed E-state index contributed by atoms with van der Waals surface area (Å²) in [5.74, 6) is -3.16. The molecule has 1 unspecified atom stereocenters. The lowest BCUT2D eigenvalue weighted by Gasteiger charge is -2.32. The number of carboxylic acids is 1. The average Bonchev–Trinajstić information content (AvgIpc) is 2.89. The Hall–Kier alpha value is -4.41. The number of methoxy groups -OCH3 is 2. The molecule has 0 saturated carbocycles. The zero-order chi connectivity index (χ0) is 29.9. The Morgan fingerprint density at radius 2 is 1.50 bits per heavy atom. The largest absolute Gasteiger partial charge is 0.479 e. The van der Waals surface area contributed by atoms with E-state index in [4.69, 9.17) is 9.47 Å². The second kappa shape index (κ2) is 14.1. The minimum absolute atomic E-state index is 0.0371. The van der Waals surface area contributed by atoms with Crippen molar-refractivity contribution < 1.29 is 43.3 Å². The summed E-state index contributed by atoms with van der Waals surface area (Å²) >= 11 is 0. The minimum Gasteiger partial charge on any atom is -0.479 e. The first kappa shape index (κ1) is 31.8. The third-order valence-corrected chi connectivity index (χ3v) is 5.91. The molecule has 216 valence electrons. The number of carbonyl (C=O) groups is 5. The Morgan fingerprint density at radius 1 is 0.875 bits per heavy atom. The van der Waals surface area contributed by atoms with Crippen molar-refractivity contribution in [3.63, 3.8) is 0 Å². The van der Waals surface area contributed by atoms with Gasteiger partial charge in [-0.3, -0.25) is 9.59 Å². The molecule has 2 rings (SSSR count). The summed E-state index contributed by atoms with van der Waals surface area (Å²) in [6, 6.07) is 13.9. The molecule has 2 aromatic rings. The summed E-state index contributed by atoms with van der Waals surface area (Å²) < 4.78 is 14.8. The Labute approximate surface area is 233 Å². The summed E-state index contributed by atoms with van der Waals surface area (Å²) in [6.07, 6.45) is -1.66. The van der Waals surface area contributed by atoms with Crippen LogP contribution >= 0.6 is 0 Å². The summed E-state index contributed by atoms with van der Waals surface area (Å²) in [4.78, 5) is 62.2. The minimum atomic E-state index is -1.88. The summed E-state index contributed by atoms with van der Waals surface area (Å²) in [7, 11) is 2.45. The third kappa shape index (κ3) is 9.72. The van der Waals surface area contributed by atoms with Crippen molar-refractivity contribution in [2.45, 2.75) is 63.6 Å². The van der Waals surface area contributed by atoms with Gasteiger partial charge in [-0.15, -0.1) is 0 Å². The van der Waals surface area contributed by atoms with Crippen LogP contribution in [0.15, 0.2) is 54.6 Å². The molecule has 0 fully saturated rings. The Morgan fingerprint density at radius 3 is 2.02 bits per heavy atom. The van der Waals surface area contributed by atoms with Crippen LogP contribution in [0.5, 0.6) is 0 Å². The number of ether oxygens (including phenoxy) is 3. The van der Waals surface area contributed by atoms with Gasteiger partial charge in [-0.2, -0.15) is 0 Å². The molecule has 0 saturated heterocycles. The van der Waals surface area contributed by atoms with Crippen LogP contribution < -0.4 is 10.6 Å². The fourth-order valence-corrected chi connectivity index (χ4v) is 3.90. The normalized spacial score (nSPS) is 13.2. The van der Waals surface area contributed by atoms with Gasteiger partial charge in [0.05, 0.1) is 20.6 Å². The number of rotatable bonds is 12. The number of hydrogen-bond donors (Lipinski definition) is 3. The predicted octanol–water partition coefficient (Wildman–Crippen LogP) is 3.10.